The Morgan fingerprint density at radius 1 is 1.07 bits per heavy atom. The highest BCUT2D eigenvalue weighted by Crippen LogP contribution is 2.28. The summed E-state index contributed by atoms with van der Waals surface area (Å²) in [5.74, 6) is 0.297. The number of nitrogens with one attached hydrogen (secondary N) is 1. The first kappa shape index (κ1) is 21.3. The van der Waals surface area contributed by atoms with Gasteiger partial charge in [0.1, 0.15) is 0 Å². The number of aryl methyl sites for hydroxylation is 1. The second-order valence-corrected chi connectivity index (χ2v) is 9.54. The fourth-order valence-corrected chi connectivity index (χ4v) is 4.91. The maximum absolute atomic E-state index is 12.5. The molecule has 0 heterocycles. The predicted octanol–water partition coefficient (Wildman–Crippen LogP) is 4.39. The number of ether oxygens (including phenoxy) is 1. The number of hydrogen-bond donors (Lipinski definition) is 1. The van der Waals surface area contributed by atoms with E-state index >= 15 is 0 Å². The predicted molar refractivity (Wildman–Crippen MR) is 113 cm³/mol. The Labute approximate surface area is 173 Å². The highest BCUT2D eigenvalue weighted by molar-refractivity contribution is 7.89. The largest absolute Gasteiger partial charge is 0.382 e. The van der Waals surface area contributed by atoms with Crippen molar-refractivity contribution in [3.63, 3.8) is 0 Å². The lowest BCUT2D eigenvalue weighted by atomic mass is 10.0. The van der Waals surface area contributed by atoms with Gasteiger partial charge in [-0.05, 0) is 85.9 Å². The molecule has 3 rings (SSSR count). The van der Waals surface area contributed by atoms with Gasteiger partial charge in [0.25, 0.3) is 0 Å². The van der Waals surface area contributed by atoms with Gasteiger partial charge in [-0.25, -0.2) is 13.1 Å². The van der Waals surface area contributed by atoms with Crippen LogP contribution in [-0.2, 0) is 34.0 Å². The van der Waals surface area contributed by atoms with Gasteiger partial charge in [-0.15, -0.1) is 0 Å². The second kappa shape index (κ2) is 9.88. The fourth-order valence-electron chi connectivity index (χ4n) is 3.66. The lowest BCUT2D eigenvalue weighted by molar-refractivity contribution is 0.143. The molecule has 2 aromatic carbocycles. The Morgan fingerprint density at radius 3 is 2.57 bits per heavy atom. The number of sulfonamides is 1. The molecule has 2 aromatic rings. The van der Waals surface area contributed by atoms with E-state index in [1.807, 2.05) is 6.92 Å². The van der Waals surface area contributed by atoms with Gasteiger partial charge in [0.15, 0.2) is 0 Å². The molecule has 0 bridgehead atoms. The van der Waals surface area contributed by atoms with Crippen molar-refractivity contribution in [1.82, 2.24) is 4.72 Å². The summed E-state index contributed by atoms with van der Waals surface area (Å²) in [6.07, 6.45) is 5.12. The molecule has 1 aliphatic carbocycles. The molecule has 0 radical (unpaired) electrons. The summed E-state index contributed by atoms with van der Waals surface area (Å²) < 4.78 is 33.1. The third-order valence-electron chi connectivity index (χ3n) is 5.18. The highest BCUT2D eigenvalue weighted by Gasteiger charge is 2.24. The Balaban J connectivity index is 1.51. The summed E-state index contributed by atoms with van der Waals surface area (Å²) in [6, 6.07) is 13.0. The topological polar surface area (TPSA) is 55.4 Å². The smallest absolute Gasteiger partial charge is 0.240 e. The molecular formula is C22H28ClNO3S. The first-order chi connectivity index (χ1) is 13.5. The molecule has 0 fully saturated rings. The van der Waals surface area contributed by atoms with Gasteiger partial charge in [-0.2, -0.15) is 0 Å². The van der Waals surface area contributed by atoms with Crippen molar-refractivity contribution in [2.24, 2.45) is 5.92 Å². The van der Waals surface area contributed by atoms with Crippen molar-refractivity contribution in [2.75, 3.05) is 19.8 Å². The van der Waals surface area contributed by atoms with Crippen molar-refractivity contribution < 1.29 is 13.2 Å². The van der Waals surface area contributed by atoms with E-state index in [0.29, 0.717) is 17.5 Å². The normalized spacial score (nSPS) is 16.3. The molecule has 152 valence electrons. The lowest BCUT2D eigenvalue weighted by Crippen LogP contribution is -2.29. The standard InChI is InChI=1S/C22H28ClNO3S/c1-2-27-12-4-3-5-17-6-7-19-14-18(15-20(19)13-17)16-24-28(25,26)22-10-8-21(23)9-11-22/h6-11,13,18,24H,2-5,12,14-16H2,1H3. The van der Waals surface area contributed by atoms with Gasteiger partial charge in [0.2, 0.25) is 10.0 Å². The van der Waals surface area contributed by atoms with Crippen molar-refractivity contribution in [3.05, 3.63) is 64.2 Å². The Kier molecular flexibility index (Phi) is 7.52. The van der Waals surface area contributed by atoms with Crippen molar-refractivity contribution in [2.45, 2.75) is 43.9 Å². The van der Waals surface area contributed by atoms with Gasteiger partial charge < -0.3 is 4.74 Å². The monoisotopic (exact) mass is 421 g/mol. The molecular weight excluding hydrogens is 394 g/mol. The molecule has 1 aliphatic rings. The molecule has 0 aliphatic heterocycles. The molecule has 0 aromatic heterocycles. The van der Waals surface area contributed by atoms with E-state index in [1.54, 1.807) is 12.1 Å². The highest BCUT2D eigenvalue weighted by atomic mass is 35.5. The summed E-state index contributed by atoms with van der Waals surface area (Å²) in [7, 11) is -3.50. The van der Waals surface area contributed by atoms with E-state index in [-0.39, 0.29) is 4.90 Å². The van der Waals surface area contributed by atoms with Crippen LogP contribution in [-0.4, -0.2) is 28.2 Å². The maximum atomic E-state index is 12.5. The molecule has 4 nitrogen and oxygen atoms in total. The molecule has 0 amide bonds. The Morgan fingerprint density at radius 2 is 1.82 bits per heavy atom. The second-order valence-electron chi connectivity index (χ2n) is 7.34. The number of rotatable bonds is 10. The fraction of sp³-hybridized carbons (Fsp3) is 0.455. The summed E-state index contributed by atoms with van der Waals surface area (Å²) in [5, 5.41) is 0.527. The zero-order valence-electron chi connectivity index (χ0n) is 16.3. The number of benzene rings is 2. The van der Waals surface area contributed by atoms with Crippen molar-refractivity contribution >= 4 is 21.6 Å². The SMILES string of the molecule is CCOCCCCc1ccc2c(c1)CC(CNS(=O)(=O)c1ccc(Cl)cc1)C2. The van der Waals surface area contributed by atoms with E-state index in [1.165, 1.54) is 28.8 Å². The molecule has 0 saturated carbocycles. The van der Waals surface area contributed by atoms with Gasteiger partial charge >= 0.3 is 0 Å². The van der Waals surface area contributed by atoms with Crippen LogP contribution in [0.4, 0.5) is 0 Å². The van der Waals surface area contributed by atoms with Crippen LogP contribution >= 0.6 is 11.6 Å². The molecule has 1 atom stereocenters. The summed E-state index contributed by atoms with van der Waals surface area (Å²) >= 11 is 5.84. The average Bonchev–Trinajstić information content (AvgIpc) is 3.09. The Bertz CT molecular complexity index is 881. The van der Waals surface area contributed by atoms with Gasteiger partial charge in [0, 0.05) is 24.8 Å². The molecule has 1 N–H and O–H groups in total. The summed E-state index contributed by atoms with van der Waals surface area (Å²) in [5.41, 5.74) is 4.06. The van der Waals surface area contributed by atoms with Crippen LogP contribution in [0.5, 0.6) is 0 Å². The quantitative estimate of drug-likeness (QED) is 0.579. The van der Waals surface area contributed by atoms with Crippen LogP contribution in [0.15, 0.2) is 47.4 Å². The summed E-state index contributed by atoms with van der Waals surface area (Å²) in [4.78, 5) is 0.252. The van der Waals surface area contributed by atoms with Gasteiger partial charge in [-0.1, -0.05) is 29.8 Å². The summed E-state index contributed by atoms with van der Waals surface area (Å²) in [6.45, 7) is 4.08. The molecule has 0 spiro atoms. The van der Waals surface area contributed by atoms with Crippen LogP contribution in [0, 0.1) is 5.92 Å². The zero-order chi connectivity index (χ0) is 20.0. The molecule has 1 unspecified atom stereocenters. The minimum absolute atomic E-state index is 0.252. The van der Waals surface area contributed by atoms with E-state index in [2.05, 4.69) is 22.9 Å². The van der Waals surface area contributed by atoms with Gasteiger partial charge in [-0.3, -0.25) is 0 Å². The first-order valence-corrected chi connectivity index (χ1v) is 11.8. The van der Waals surface area contributed by atoms with Crippen LogP contribution in [0.2, 0.25) is 5.02 Å². The number of hydrogen-bond acceptors (Lipinski definition) is 3. The van der Waals surface area contributed by atoms with Crippen LogP contribution < -0.4 is 4.72 Å². The zero-order valence-corrected chi connectivity index (χ0v) is 17.9. The van der Waals surface area contributed by atoms with Crippen molar-refractivity contribution in [1.29, 1.82) is 0 Å². The van der Waals surface area contributed by atoms with Crippen LogP contribution in [0.3, 0.4) is 0 Å². The lowest BCUT2D eigenvalue weighted by Gasteiger charge is -2.11. The van der Waals surface area contributed by atoms with Gasteiger partial charge in [0.05, 0.1) is 4.90 Å². The minimum Gasteiger partial charge on any atom is -0.382 e. The number of fused-ring (bicyclic) bond motifs is 1. The number of unbranched alkanes of at least 4 members (excludes halogenated alkanes) is 1. The van der Waals surface area contributed by atoms with E-state index in [4.69, 9.17) is 16.3 Å². The molecule has 6 heteroatoms. The minimum atomic E-state index is -3.50. The van der Waals surface area contributed by atoms with E-state index in [9.17, 15) is 8.42 Å². The molecule has 0 saturated heterocycles. The van der Waals surface area contributed by atoms with E-state index in [0.717, 1.165) is 45.3 Å². The Hall–Kier alpha value is -1.40. The third kappa shape index (κ3) is 5.80. The van der Waals surface area contributed by atoms with Crippen LogP contribution in [0.25, 0.3) is 0 Å². The third-order valence-corrected chi connectivity index (χ3v) is 6.87. The average molecular weight is 422 g/mol. The van der Waals surface area contributed by atoms with E-state index < -0.39 is 10.0 Å². The number of halogens is 1. The maximum Gasteiger partial charge on any atom is 0.240 e. The van der Waals surface area contributed by atoms with Crippen LogP contribution in [0.1, 0.15) is 36.5 Å². The first-order valence-electron chi connectivity index (χ1n) is 9.91. The van der Waals surface area contributed by atoms with Crippen molar-refractivity contribution in [3.8, 4) is 0 Å². The molecule has 28 heavy (non-hydrogen) atoms.